The Morgan fingerprint density at radius 1 is 1.50 bits per heavy atom. The van der Waals surface area contributed by atoms with E-state index >= 15 is 0 Å². The molecule has 88 valence electrons. The van der Waals surface area contributed by atoms with Gasteiger partial charge in [-0.1, -0.05) is 0 Å². The highest BCUT2D eigenvalue weighted by atomic mass is 16.4. The van der Waals surface area contributed by atoms with E-state index in [-0.39, 0.29) is 19.3 Å². The summed E-state index contributed by atoms with van der Waals surface area (Å²) in [5.74, 6) is -2.21. The fourth-order valence-corrected chi connectivity index (χ4v) is 1.47. The number of barbiturate groups is 1. The standard InChI is InChI=1S/C9H12N2O5/c1-5(2-3-8(14)15)11-7(13)4-6(12)10-9(11)16/h5H,2-4H2,1H3,(H,14,15)(H,10,12,16). The first-order valence-corrected chi connectivity index (χ1v) is 4.79. The van der Waals surface area contributed by atoms with Crippen molar-refractivity contribution in [2.75, 3.05) is 0 Å². The van der Waals surface area contributed by atoms with Crippen LogP contribution in [0.1, 0.15) is 26.2 Å². The van der Waals surface area contributed by atoms with Gasteiger partial charge in [0.25, 0.3) is 0 Å². The van der Waals surface area contributed by atoms with Gasteiger partial charge >= 0.3 is 12.0 Å². The molecule has 7 heteroatoms. The number of rotatable bonds is 4. The van der Waals surface area contributed by atoms with Crippen LogP contribution >= 0.6 is 0 Å². The summed E-state index contributed by atoms with van der Waals surface area (Å²) in [7, 11) is 0. The molecular formula is C9H12N2O5. The maximum Gasteiger partial charge on any atom is 0.331 e. The zero-order valence-electron chi connectivity index (χ0n) is 8.73. The van der Waals surface area contributed by atoms with Crippen LogP contribution in [0.5, 0.6) is 0 Å². The van der Waals surface area contributed by atoms with Crippen molar-refractivity contribution in [1.29, 1.82) is 0 Å². The van der Waals surface area contributed by atoms with Crippen LogP contribution in [-0.2, 0) is 14.4 Å². The van der Waals surface area contributed by atoms with E-state index in [1.54, 1.807) is 6.92 Å². The average Bonchev–Trinajstić information content (AvgIpc) is 2.12. The van der Waals surface area contributed by atoms with E-state index < -0.39 is 29.9 Å². The Morgan fingerprint density at radius 3 is 2.62 bits per heavy atom. The summed E-state index contributed by atoms with van der Waals surface area (Å²) in [6.07, 6.45) is -0.335. The summed E-state index contributed by atoms with van der Waals surface area (Å²) >= 11 is 0. The van der Waals surface area contributed by atoms with E-state index in [0.29, 0.717) is 0 Å². The van der Waals surface area contributed by atoms with E-state index in [9.17, 15) is 19.2 Å². The van der Waals surface area contributed by atoms with Crippen LogP contribution in [0.15, 0.2) is 0 Å². The Kier molecular flexibility index (Phi) is 3.60. The molecule has 0 aromatic heterocycles. The number of nitrogens with zero attached hydrogens (tertiary/aromatic N) is 1. The number of hydrogen-bond acceptors (Lipinski definition) is 4. The predicted octanol–water partition coefficient (Wildman–Crippen LogP) is -0.292. The Hall–Kier alpha value is -1.92. The number of amides is 4. The molecule has 0 aromatic rings. The Morgan fingerprint density at radius 2 is 2.12 bits per heavy atom. The number of nitrogens with one attached hydrogen (secondary N) is 1. The van der Waals surface area contributed by atoms with Gasteiger partial charge in [-0.3, -0.25) is 24.6 Å². The van der Waals surface area contributed by atoms with Crippen molar-refractivity contribution in [1.82, 2.24) is 10.2 Å². The van der Waals surface area contributed by atoms with Crippen molar-refractivity contribution in [2.24, 2.45) is 0 Å². The summed E-state index contributed by atoms with van der Waals surface area (Å²) in [5, 5.41) is 10.5. The van der Waals surface area contributed by atoms with Crippen molar-refractivity contribution < 1.29 is 24.3 Å². The molecule has 1 aliphatic rings. The summed E-state index contributed by atoms with van der Waals surface area (Å²) in [5.41, 5.74) is 0. The maximum absolute atomic E-state index is 11.4. The van der Waals surface area contributed by atoms with Crippen molar-refractivity contribution in [3.05, 3.63) is 0 Å². The zero-order valence-corrected chi connectivity index (χ0v) is 8.73. The number of carbonyl (C=O) groups excluding carboxylic acids is 3. The second-order valence-corrected chi connectivity index (χ2v) is 3.58. The monoisotopic (exact) mass is 228 g/mol. The van der Waals surface area contributed by atoms with Crippen molar-refractivity contribution in [2.45, 2.75) is 32.2 Å². The second-order valence-electron chi connectivity index (χ2n) is 3.58. The van der Waals surface area contributed by atoms with Gasteiger partial charge in [0.05, 0.1) is 0 Å². The molecule has 2 N–H and O–H groups in total. The average molecular weight is 228 g/mol. The zero-order chi connectivity index (χ0) is 12.3. The predicted molar refractivity (Wildman–Crippen MR) is 51.3 cm³/mol. The fourth-order valence-electron chi connectivity index (χ4n) is 1.47. The second kappa shape index (κ2) is 4.73. The van der Waals surface area contributed by atoms with Crippen molar-refractivity contribution in [3.63, 3.8) is 0 Å². The topological polar surface area (TPSA) is 104 Å². The lowest BCUT2D eigenvalue weighted by Crippen LogP contribution is -2.55. The highest BCUT2D eigenvalue weighted by Gasteiger charge is 2.34. The molecule has 0 aromatic carbocycles. The molecule has 0 saturated carbocycles. The molecule has 0 bridgehead atoms. The van der Waals surface area contributed by atoms with E-state index in [1.807, 2.05) is 5.32 Å². The van der Waals surface area contributed by atoms with Crippen LogP contribution in [0.3, 0.4) is 0 Å². The Labute approximate surface area is 91.4 Å². The van der Waals surface area contributed by atoms with Crippen LogP contribution in [0, 0.1) is 0 Å². The molecule has 16 heavy (non-hydrogen) atoms. The minimum atomic E-state index is -0.993. The maximum atomic E-state index is 11.4. The van der Waals surface area contributed by atoms with Gasteiger partial charge in [-0.2, -0.15) is 0 Å². The van der Waals surface area contributed by atoms with Crippen LogP contribution in [0.2, 0.25) is 0 Å². The van der Waals surface area contributed by atoms with Gasteiger partial charge in [-0.05, 0) is 13.3 Å². The Balaban J connectivity index is 2.63. The van der Waals surface area contributed by atoms with Gasteiger partial charge in [-0.15, -0.1) is 0 Å². The van der Waals surface area contributed by atoms with E-state index in [0.717, 1.165) is 4.90 Å². The van der Waals surface area contributed by atoms with Gasteiger partial charge in [0.15, 0.2) is 0 Å². The number of imide groups is 2. The first-order chi connectivity index (χ1) is 7.41. The molecule has 1 rings (SSSR count). The normalized spacial score (nSPS) is 18.3. The third-order valence-corrected chi connectivity index (χ3v) is 2.26. The summed E-state index contributed by atoms with van der Waals surface area (Å²) in [6, 6.07) is -1.31. The highest BCUT2D eigenvalue weighted by molar-refractivity contribution is 6.14. The van der Waals surface area contributed by atoms with Gasteiger partial charge in [0.1, 0.15) is 6.42 Å². The van der Waals surface area contributed by atoms with Crippen LogP contribution in [0.25, 0.3) is 0 Å². The number of aliphatic carboxylic acids is 1. The molecule has 1 unspecified atom stereocenters. The molecule has 1 saturated heterocycles. The number of carboxylic acids is 1. The summed E-state index contributed by atoms with van der Waals surface area (Å²) in [6.45, 7) is 1.57. The number of carboxylic acid groups (broad SMARTS) is 1. The summed E-state index contributed by atoms with van der Waals surface area (Å²) < 4.78 is 0. The molecule has 1 aliphatic heterocycles. The SMILES string of the molecule is CC(CCC(=O)O)N1C(=O)CC(=O)NC1=O. The highest BCUT2D eigenvalue weighted by Crippen LogP contribution is 2.12. The number of carbonyl (C=O) groups is 4. The molecule has 1 atom stereocenters. The third-order valence-electron chi connectivity index (χ3n) is 2.26. The smallest absolute Gasteiger partial charge is 0.331 e. The van der Waals surface area contributed by atoms with Gasteiger partial charge in [-0.25, -0.2) is 4.79 Å². The molecule has 1 fully saturated rings. The van der Waals surface area contributed by atoms with Crippen molar-refractivity contribution in [3.8, 4) is 0 Å². The fraction of sp³-hybridized carbons (Fsp3) is 0.556. The van der Waals surface area contributed by atoms with E-state index in [4.69, 9.17) is 5.11 Å². The third kappa shape index (κ3) is 2.78. The van der Waals surface area contributed by atoms with Crippen LogP contribution in [-0.4, -0.2) is 39.9 Å². The van der Waals surface area contributed by atoms with E-state index in [2.05, 4.69) is 0 Å². The van der Waals surface area contributed by atoms with Gasteiger partial charge in [0, 0.05) is 12.5 Å². The molecule has 1 heterocycles. The van der Waals surface area contributed by atoms with Gasteiger partial charge < -0.3 is 5.11 Å². The van der Waals surface area contributed by atoms with Crippen LogP contribution < -0.4 is 5.32 Å². The minimum absolute atomic E-state index is 0.133. The first kappa shape index (κ1) is 12.2. The Bertz CT molecular complexity index is 332. The minimum Gasteiger partial charge on any atom is -0.481 e. The quantitative estimate of drug-likeness (QED) is 0.643. The lowest BCUT2D eigenvalue weighted by molar-refractivity contribution is -0.140. The number of hydrogen-bond donors (Lipinski definition) is 2. The molecule has 0 radical (unpaired) electrons. The van der Waals surface area contributed by atoms with E-state index in [1.165, 1.54) is 0 Å². The number of urea groups is 1. The molecule has 4 amide bonds. The molecule has 0 spiro atoms. The van der Waals surface area contributed by atoms with Crippen molar-refractivity contribution >= 4 is 23.8 Å². The molecule has 7 nitrogen and oxygen atoms in total. The first-order valence-electron chi connectivity index (χ1n) is 4.79. The van der Waals surface area contributed by atoms with Crippen LogP contribution in [0.4, 0.5) is 4.79 Å². The largest absolute Gasteiger partial charge is 0.481 e. The molecular weight excluding hydrogens is 216 g/mol. The lowest BCUT2D eigenvalue weighted by Gasteiger charge is -2.29. The molecule has 0 aliphatic carbocycles. The summed E-state index contributed by atoms with van der Waals surface area (Å²) in [4.78, 5) is 44.8. The van der Waals surface area contributed by atoms with Gasteiger partial charge in [0.2, 0.25) is 11.8 Å². The lowest BCUT2D eigenvalue weighted by atomic mass is 10.1.